The first kappa shape index (κ1) is 20.2. The Kier molecular flexibility index (Phi) is 7.01. The number of alkyl carbamates (subject to hydrolysis) is 1. The first-order valence-electron chi connectivity index (χ1n) is 8.00. The molecular formula is C16H28N2O6. The average molecular weight is 344 g/mol. The Morgan fingerprint density at radius 2 is 1.88 bits per heavy atom. The number of carbonyl (C=O) groups is 3. The summed E-state index contributed by atoms with van der Waals surface area (Å²) in [6.45, 7) is 7.66. The van der Waals surface area contributed by atoms with Crippen LogP contribution in [0.25, 0.3) is 0 Å². The second-order valence-corrected chi connectivity index (χ2v) is 6.79. The van der Waals surface area contributed by atoms with E-state index in [4.69, 9.17) is 14.2 Å². The van der Waals surface area contributed by atoms with Gasteiger partial charge in [-0.15, -0.1) is 0 Å². The second kappa shape index (κ2) is 8.32. The van der Waals surface area contributed by atoms with Crippen LogP contribution in [-0.4, -0.2) is 68.4 Å². The molecule has 8 heteroatoms. The summed E-state index contributed by atoms with van der Waals surface area (Å²) >= 11 is 0. The van der Waals surface area contributed by atoms with Crippen molar-refractivity contribution in [2.75, 3.05) is 27.4 Å². The van der Waals surface area contributed by atoms with Gasteiger partial charge in [0.1, 0.15) is 12.1 Å². The predicted octanol–water partition coefficient (Wildman–Crippen LogP) is 0.936. The Hall–Kier alpha value is -1.83. The van der Waals surface area contributed by atoms with Crippen LogP contribution in [-0.2, 0) is 23.8 Å². The molecule has 0 aliphatic carbocycles. The molecule has 1 aliphatic heterocycles. The molecule has 1 heterocycles. The van der Waals surface area contributed by atoms with Crippen LogP contribution in [0.1, 0.15) is 34.1 Å². The second-order valence-electron chi connectivity index (χ2n) is 6.79. The van der Waals surface area contributed by atoms with Gasteiger partial charge in [-0.2, -0.15) is 0 Å². The Balaban J connectivity index is 3.02. The van der Waals surface area contributed by atoms with Crippen molar-refractivity contribution in [2.45, 2.75) is 52.3 Å². The molecule has 0 radical (unpaired) electrons. The number of ether oxygens (including phenoxy) is 3. The molecule has 138 valence electrons. The lowest BCUT2D eigenvalue weighted by molar-refractivity contribution is -0.152. The monoisotopic (exact) mass is 344 g/mol. The largest absolute Gasteiger partial charge is 0.467 e. The highest BCUT2D eigenvalue weighted by molar-refractivity contribution is 5.90. The van der Waals surface area contributed by atoms with Crippen molar-refractivity contribution >= 4 is 18.0 Å². The van der Waals surface area contributed by atoms with Gasteiger partial charge in [0.05, 0.1) is 19.8 Å². The van der Waals surface area contributed by atoms with E-state index in [1.807, 2.05) is 20.8 Å². The van der Waals surface area contributed by atoms with Gasteiger partial charge in [-0.05, 0) is 12.3 Å². The summed E-state index contributed by atoms with van der Waals surface area (Å²) in [5.41, 5.74) is -0.560. The van der Waals surface area contributed by atoms with Gasteiger partial charge in [0.15, 0.2) is 0 Å². The molecule has 1 saturated heterocycles. The predicted molar refractivity (Wildman–Crippen MR) is 86.3 cm³/mol. The summed E-state index contributed by atoms with van der Waals surface area (Å²) in [7, 11) is 2.81. The van der Waals surface area contributed by atoms with Crippen molar-refractivity contribution in [3.8, 4) is 0 Å². The number of hydrogen-bond acceptors (Lipinski definition) is 6. The van der Waals surface area contributed by atoms with Crippen molar-refractivity contribution in [1.82, 2.24) is 10.2 Å². The van der Waals surface area contributed by atoms with E-state index in [1.165, 1.54) is 19.1 Å². The first-order valence-corrected chi connectivity index (χ1v) is 8.00. The van der Waals surface area contributed by atoms with Gasteiger partial charge in [-0.1, -0.05) is 20.8 Å². The van der Waals surface area contributed by atoms with Crippen LogP contribution in [0.2, 0.25) is 0 Å². The van der Waals surface area contributed by atoms with Gasteiger partial charge in [0, 0.05) is 20.1 Å². The van der Waals surface area contributed by atoms with E-state index in [-0.39, 0.29) is 25.2 Å². The van der Waals surface area contributed by atoms with Crippen molar-refractivity contribution in [1.29, 1.82) is 0 Å². The number of carbonyl (C=O) groups excluding carboxylic acids is 3. The maximum atomic E-state index is 13.0. The van der Waals surface area contributed by atoms with Crippen molar-refractivity contribution in [2.24, 2.45) is 5.41 Å². The van der Waals surface area contributed by atoms with Gasteiger partial charge >= 0.3 is 12.1 Å². The average Bonchev–Trinajstić information content (AvgIpc) is 2.94. The number of amides is 2. The van der Waals surface area contributed by atoms with Crippen molar-refractivity contribution < 1.29 is 28.6 Å². The summed E-state index contributed by atoms with van der Waals surface area (Å²) in [4.78, 5) is 38.2. The van der Waals surface area contributed by atoms with Gasteiger partial charge in [0.2, 0.25) is 5.91 Å². The van der Waals surface area contributed by atoms with Crippen LogP contribution in [0.4, 0.5) is 4.79 Å². The number of likely N-dealkylation sites (tertiary alicyclic amines) is 1. The van der Waals surface area contributed by atoms with Crippen LogP contribution in [0.3, 0.4) is 0 Å². The maximum Gasteiger partial charge on any atom is 0.407 e. The van der Waals surface area contributed by atoms with E-state index in [0.717, 1.165) is 0 Å². The zero-order chi connectivity index (χ0) is 18.5. The van der Waals surface area contributed by atoms with E-state index >= 15 is 0 Å². The zero-order valence-electron chi connectivity index (χ0n) is 15.3. The van der Waals surface area contributed by atoms with Gasteiger partial charge < -0.3 is 24.4 Å². The van der Waals surface area contributed by atoms with Crippen molar-refractivity contribution in [3.05, 3.63) is 0 Å². The molecule has 1 N–H and O–H groups in total. The molecule has 1 aliphatic rings. The maximum absolute atomic E-state index is 13.0. The SMILES string of the molecule is CCOC(=O)N[C@H](C(=O)N1C[C@H](OC)C[C@H]1C(=O)OC)C(C)(C)C. The summed E-state index contributed by atoms with van der Waals surface area (Å²) < 4.78 is 15.0. The third-order valence-corrected chi connectivity index (χ3v) is 4.00. The molecular weight excluding hydrogens is 316 g/mol. The normalized spacial score (nSPS) is 22.0. The standard InChI is InChI=1S/C16H28N2O6/c1-7-24-15(21)17-12(16(2,3)4)13(19)18-9-10(22-5)8-11(18)14(20)23-6/h10-12H,7-9H2,1-6H3,(H,17,21)/t10-,11+,12-/m1/s1. The highest BCUT2D eigenvalue weighted by Gasteiger charge is 2.45. The summed E-state index contributed by atoms with van der Waals surface area (Å²) in [6, 6.07) is -1.55. The molecule has 0 aromatic heterocycles. The minimum Gasteiger partial charge on any atom is -0.467 e. The molecule has 1 fully saturated rings. The molecule has 0 aromatic carbocycles. The summed E-state index contributed by atoms with van der Waals surface area (Å²) in [5, 5.41) is 2.60. The molecule has 0 spiro atoms. The zero-order valence-corrected chi connectivity index (χ0v) is 15.3. The topological polar surface area (TPSA) is 94.2 Å². The smallest absolute Gasteiger partial charge is 0.407 e. The molecule has 0 saturated carbocycles. The van der Waals surface area contributed by atoms with Gasteiger partial charge in [-0.3, -0.25) is 4.79 Å². The highest BCUT2D eigenvalue weighted by Crippen LogP contribution is 2.27. The Morgan fingerprint density at radius 3 is 2.33 bits per heavy atom. The lowest BCUT2D eigenvalue weighted by Crippen LogP contribution is -2.57. The fraction of sp³-hybridized carbons (Fsp3) is 0.812. The van der Waals surface area contributed by atoms with Crippen LogP contribution in [0.5, 0.6) is 0 Å². The molecule has 2 amide bonds. The molecule has 1 rings (SSSR count). The number of rotatable bonds is 5. The van der Waals surface area contributed by atoms with Gasteiger partial charge in [-0.25, -0.2) is 9.59 Å². The molecule has 24 heavy (non-hydrogen) atoms. The fourth-order valence-electron chi connectivity index (χ4n) is 2.68. The minimum atomic E-state index is -0.834. The van der Waals surface area contributed by atoms with Crippen LogP contribution in [0, 0.1) is 5.41 Å². The summed E-state index contributed by atoms with van der Waals surface area (Å²) in [5.74, 6) is -0.850. The Morgan fingerprint density at radius 1 is 1.25 bits per heavy atom. The Labute approximate surface area is 142 Å². The van der Waals surface area contributed by atoms with Crippen LogP contribution in [0.15, 0.2) is 0 Å². The van der Waals surface area contributed by atoms with Crippen LogP contribution >= 0.6 is 0 Å². The molecule has 0 unspecified atom stereocenters. The number of methoxy groups -OCH3 is 2. The van der Waals surface area contributed by atoms with E-state index in [2.05, 4.69) is 5.32 Å². The highest BCUT2D eigenvalue weighted by atomic mass is 16.5. The fourth-order valence-corrected chi connectivity index (χ4v) is 2.68. The summed E-state index contributed by atoms with van der Waals surface area (Å²) in [6.07, 6.45) is -0.547. The van der Waals surface area contributed by atoms with E-state index in [9.17, 15) is 14.4 Å². The lowest BCUT2D eigenvalue weighted by atomic mass is 9.85. The third-order valence-electron chi connectivity index (χ3n) is 4.00. The van der Waals surface area contributed by atoms with Gasteiger partial charge in [0.25, 0.3) is 0 Å². The number of nitrogens with one attached hydrogen (secondary N) is 1. The van der Waals surface area contributed by atoms with E-state index < -0.39 is 29.6 Å². The number of esters is 1. The molecule has 3 atom stereocenters. The van der Waals surface area contributed by atoms with E-state index in [0.29, 0.717) is 6.42 Å². The third kappa shape index (κ3) is 4.83. The first-order chi connectivity index (χ1) is 11.1. The quantitative estimate of drug-likeness (QED) is 0.746. The minimum absolute atomic E-state index is 0.205. The number of hydrogen-bond donors (Lipinski definition) is 1. The molecule has 0 aromatic rings. The van der Waals surface area contributed by atoms with E-state index in [1.54, 1.807) is 6.92 Å². The lowest BCUT2D eigenvalue weighted by Gasteiger charge is -2.34. The Bertz CT molecular complexity index is 474. The number of nitrogens with zero attached hydrogens (tertiary/aromatic N) is 1. The molecule has 8 nitrogen and oxygen atoms in total. The molecule has 0 bridgehead atoms. The van der Waals surface area contributed by atoms with Crippen LogP contribution < -0.4 is 5.32 Å². The van der Waals surface area contributed by atoms with Crippen molar-refractivity contribution in [3.63, 3.8) is 0 Å².